The van der Waals surface area contributed by atoms with Crippen LogP contribution in [-0.4, -0.2) is 37.6 Å². The first-order chi connectivity index (χ1) is 18.5. The molecule has 1 fully saturated rings. The summed E-state index contributed by atoms with van der Waals surface area (Å²) in [4.78, 5) is 1.55. The van der Waals surface area contributed by atoms with Crippen LogP contribution in [0.3, 0.4) is 0 Å². The molecule has 5 rings (SSSR count). The highest BCUT2D eigenvalue weighted by molar-refractivity contribution is 7.99. The third-order valence-electron chi connectivity index (χ3n) is 6.89. The largest absolute Gasteiger partial charge is 0.277 e. The minimum Gasteiger partial charge on any atom is -0.277 e. The van der Waals surface area contributed by atoms with Crippen molar-refractivity contribution in [1.82, 2.24) is 9.73 Å². The van der Waals surface area contributed by atoms with E-state index in [9.17, 15) is 8.42 Å². The summed E-state index contributed by atoms with van der Waals surface area (Å²) in [6.45, 7) is 2.90. The van der Waals surface area contributed by atoms with Gasteiger partial charge >= 0.3 is 0 Å². The quantitative estimate of drug-likeness (QED) is 0.193. The van der Waals surface area contributed by atoms with Gasteiger partial charge in [0, 0.05) is 29.8 Å². The lowest BCUT2D eigenvalue weighted by molar-refractivity contribution is 0.224. The molecule has 0 amide bonds. The second kappa shape index (κ2) is 12.2. The van der Waals surface area contributed by atoms with Gasteiger partial charge in [-0.15, -0.1) is 11.8 Å². The van der Waals surface area contributed by atoms with Gasteiger partial charge in [-0.05, 0) is 67.8 Å². The third kappa shape index (κ3) is 6.30. The van der Waals surface area contributed by atoms with Crippen LogP contribution in [-0.2, 0) is 10.0 Å². The topological polar surface area (TPSA) is 52.7 Å². The van der Waals surface area contributed by atoms with Gasteiger partial charge in [-0.3, -0.25) is 5.01 Å². The van der Waals surface area contributed by atoms with Gasteiger partial charge in [0.2, 0.25) is 10.0 Å². The molecular formula is C31H33N3O2S2. The molecule has 5 nitrogen and oxygen atoms in total. The van der Waals surface area contributed by atoms with Crippen LogP contribution in [0.4, 0.5) is 11.4 Å². The Balaban J connectivity index is 1.41. The number of hydrogen-bond acceptors (Lipinski definition) is 5. The molecule has 1 aliphatic rings. The zero-order valence-electron chi connectivity index (χ0n) is 21.5. The zero-order chi connectivity index (χ0) is 26.4. The Hall–Kier alpha value is -3.10. The van der Waals surface area contributed by atoms with Gasteiger partial charge in [-0.1, -0.05) is 72.3 Å². The van der Waals surface area contributed by atoms with Crippen molar-refractivity contribution in [3.8, 4) is 0 Å². The number of thioether (sulfide) groups is 1. The van der Waals surface area contributed by atoms with E-state index in [1.165, 1.54) is 4.90 Å². The van der Waals surface area contributed by atoms with E-state index in [4.69, 9.17) is 0 Å². The first kappa shape index (κ1) is 26.5. The van der Waals surface area contributed by atoms with Crippen LogP contribution in [0.2, 0.25) is 0 Å². The molecule has 0 aromatic heterocycles. The van der Waals surface area contributed by atoms with Crippen LogP contribution in [0.15, 0.2) is 125 Å². The average Bonchev–Trinajstić information content (AvgIpc) is 2.97. The Morgan fingerprint density at radius 1 is 0.816 bits per heavy atom. The summed E-state index contributed by atoms with van der Waals surface area (Å²) in [6.07, 6.45) is 0.710. The summed E-state index contributed by atoms with van der Waals surface area (Å²) in [5, 5.41) is 2.13. The molecule has 196 valence electrons. The zero-order valence-corrected chi connectivity index (χ0v) is 23.1. The van der Waals surface area contributed by atoms with Gasteiger partial charge in [-0.25, -0.2) is 13.8 Å². The molecule has 0 aliphatic carbocycles. The Kier molecular flexibility index (Phi) is 8.49. The van der Waals surface area contributed by atoms with Crippen LogP contribution in [0.5, 0.6) is 0 Å². The number of hydrogen-bond donors (Lipinski definition) is 1. The summed E-state index contributed by atoms with van der Waals surface area (Å²) in [5.41, 5.74) is 6.93. The smallest absolute Gasteiger partial charge is 0.243 e. The van der Waals surface area contributed by atoms with Gasteiger partial charge in [0.15, 0.2) is 0 Å². The summed E-state index contributed by atoms with van der Waals surface area (Å²) in [7, 11) is -3.57. The van der Waals surface area contributed by atoms with Crippen LogP contribution < -0.4 is 10.4 Å². The number of aryl methyl sites for hydroxylation is 1. The van der Waals surface area contributed by atoms with E-state index in [-0.39, 0.29) is 12.0 Å². The number of para-hydroxylation sites is 2. The average molecular weight is 544 g/mol. The summed E-state index contributed by atoms with van der Waals surface area (Å²) in [5.74, 6) is 0.906. The van der Waals surface area contributed by atoms with Crippen molar-refractivity contribution < 1.29 is 8.42 Å². The molecule has 1 saturated heterocycles. The highest BCUT2D eigenvalue weighted by Crippen LogP contribution is 2.31. The lowest BCUT2D eigenvalue weighted by atomic mass is 9.95. The van der Waals surface area contributed by atoms with Crippen molar-refractivity contribution in [2.24, 2.45) is 5.92 Å². The van der Waals surface area contributed by atoms with E-state index in [1.807, 2.05) is 73.7 Å². The fourth-order valence-electron chi connectivity index (χ4n) is 4.75. The molecule has 1 heterocycles. The lowest BCUT2D eigenvalue weighted by Crippen LogP contribution is -2.55. The summed E-state index contributed by atoms with van der Waals surface area (Å²) in [6, 6.07) is 38.1. The van der Waals surface area contributed by atoms with E-state index in [1.54, 1.807) is 28.2 Å². The van der Waals surface area contributed by atoms with Crippen molar-refractivity contribution in [3.63, 3.8) is 0 Å². The maximum Gasteiger partial charge on any atom is 0.243 e. The SMILES string of the molecule is Cc1ccc(S(=O)(=O)N2CC[C@@H](NN(c3ccccc3)c3ccccc3)[C@H](CSc3ccccc3)C2)cc1. The van der Waals surface area contributed by atoms with Gasteiger partial charge < -0.3 is 0 Å². The van der Waals surface area contributed by atoms with Crippen molar-refractivity contribution in [2.45, 2.75) is 29.2 Å². The van der Waals surface area contributed by atoms with Crippen molar-refractivity contribution in [2.75, 3.05) is 23.9 Å². The lowest BCUT2D eigenvalue weighted by Gasteiger charge is -2.41. The number of hydrazine groups is 1. The molecule has 4 aromatic rings. The monoisotopic (exact) mass is 543 g/mol. The molecular weight excluding hydrogens is 510 g/mol. The molecule has 0 spiro atoms. The minimum atomic E-state index is -3.57. The fraction of sp³-hybridized carbons (Fsp3) is 0.226. The molecule has 7 heteroatoms. The highest BCUT2D eigenvalue weighted by Gasteiger charge is 2.36. The molecule has 0 unspecified atom stereocenters. The van der Waals surface area contributed by atoms with E-state index in [2.05, 4.69) is 46.8 Å². The molecule has 1 N–H and O–H groups in total. The molecule has 4 aromatic carbocycles. The number of benzene rings is 4. The van der Waals surface area contributed by atoms with E-state index < -0.39 is 10.0 Å². The van der Waals surface area contributed by atoms with Crippen LogP contribution in [0, 0.1) is 12.8 Å². The fourth-order valence-corrected chi connectivity index (χ4v) is 7.36. The Morgan fingerprint density at radius 2 is 1.37 bits per heavy atom. The molecule has 0 bridgehead atoms. The van der Waals surface area contributed by atoms with Crippen molar-refractivity contribution in [1.29, 1.82) is 0 Å². The maximum atomic E-state index is 13.6. The predicted molar refractivity (Wildman–Crippen MR) is 157 cm³/mol. The number of rotatable bonds is 9. The van der Waals surface area contributed by atoms with E-state index in [0.29, 0.717) is 24.4 Å². The summed E-state index contributed by atoms with van der Waals surface area (Å²) >= 11 is 1.78. The normalized spacial score (nSPS) is 18.2. The number of piperidine rings is 1. The highest BCUT2D eigenvalue weighted by atomic mass is 32.2. The first-order valence-corrected chi connectivity index (χ1v) is 15.3. The third-order valence-corrected chi connectivity index (χ3v) is 9.97. The van der Waals surface area contributed by atoms with E-state index >= 15 is 0 Å². The minimum absolute atomic E-state index is 0.0936. The van der Waals surface area contributed by atoms with Gasteiger partial charge in [0.25, 0.3) is 0 Å². The predicted octanol–water partition coefficient (Wildman–Crippen LogP) is 6.51. The van der Waals surface area contributed by atoms with Gasteiger partial charge in [0.1, 0.15) is 0 Å². The molecule has 1 aliphatic heterocycles. The first-order valence-electron chi connectivity index (χ1n) is 12.9. The van der Waals surface area contributed by atoms with E-state index in [0.717, 1.165) is 22.7 Å². The molecule has 0 radical (unpaired) electrons. The number of nitrogens with zero attached hydrogens (tertiary/aromatic N) is 2. The Morgan fingerprint density at radius 3 is 1.95 bits per heavy atom. The number of anilines is 2. The standard InChI is InChI=1S/C31H33N3O2S2/c1-25-17-19-30(20-18-25)38(35,36)33-22-21-31(26(23-33)24-37-29-15-9-4-10-16-29)32-34(27-11-5-2-6-12-27)28-13-7-3-8-14-28/h2-20,26,31-32H,21-24H2,1H3/t26-,31+/m0/s1. The van der Waals surface area contributed by atoms with Crippen LogP contribution in [0.25, 0.3) is 0 Å². The molecule has 2 atom stereocenters. The maximum absolute atomic E-state index is 13.6. The second-order valence-corrected chi connectivity index (χ2v) is 12.6. The molecule has 0 saturated carbocycles. The Bertz CT molecular complexity index is 1360. The molecule has 38 heavy (non-hydrogen) atoms. The van der Waals surface area contributed by atoms with Crippen LogP contribution in [0.1, 0.15) is 12.0 Å². The second-order valence-electron chi connectivity index (χ2n) is 9.59. The van der Waals surface area contributed by atoms with Crippen molar-refractivity contribution in [3.05, 3.63) is 121 Å². The van der Waals surface area contributed by atoms with Gasteiger partial charge in [0.05, 0.1) is 16.3 Å². The van der Waals surface area contributed by atoms with Gasteiger partial charge in [-0.2, -0.15) is 4.31 Å². The Labute approximate surface area is 230 Å². The van der Waals surface area contributed by atoms with Crippen LogP contribution >= 0.6 is 11.8 Å². The number of sulfonamides is 1. The number of nitrogens with one attached hydrogen (secondary N) is 1. The van der Waals surface area contributed by atoms with Crippen molar-refractivity contribution >= 4 is 33.2 Å². The summed E-state index contributed by atoms with van der Waals surface area (Å²) < 4.78 is 28.8.